The zero-order valence-electron chi connectivity index (χ0n) is 16.3. The molecule has 0 amide bonds. The molecule has 3 aromatic rings. The molecule has 0 fully saturated rings. The largest absolute Gasteiger partial charge is 0.382 e. The van der Waals surface area contributed by atoms with Crippen molar-refractivity contribution in [1.29, 1.82) is 0 Å². The Balaban J connectivity index is 1.91. The zero-order chi connectivity index (χ0) is 20.8. The minimum absolute atomic E-state index is 0.300. The van der Waals surface area contributed by atoms with Crippen LogP contribution < -0.4 is 11.6 Å². The smallest absolute Gasteiger partial charge is 0.169 e. The van der Waals surface area contributed by atoms with E-state index in [4.69, 9.17) is 11.6 Å². The predicted molar refractivity (Wildman–Crippen MR) is 125 cm³/mol. The normalized spacial score (nSPS) is 11.6. The molecule has 1 aromatic heterocycles. The third-order valence-electron chi connectivity index (χ3n) is 4.85. The van der Waals surface area contributed by atoms with Gasteiger partial charge in [0.15, 0.2) is 12.1 Å². The van der Waals surface area contributed by atoms with Crippen molar-refractivity contribution in [3.8, 4) is 11.1 Å². The van der Waals surface area contributed by atoms with Gasteiger partial charge in [-0.15, -0.1) is 0 Å². The average molecular weight is 501 g/mol. The Labute approximate surface area is 184 Å². The number of carbonyl (C=O) groups excluding carboxylic acids is 1. The average Bonchev–Trinajstić information content (AvgIpc) is 3.06. The molecule has 0 aliphatic heterocycles. The highest BCUT2D eigenvalue weighted by atomic mass is 127. The molecule has 6 nitrogen and oxygen atoms in total. The first-order valence-electron chi connectivity index (χ1n) is 9.51. The van der Waals surface area contributed by atoms with E-state index in [9.17, 15) is 4.79 Å². The third kappa shape index (κ3) is 4.67. The van der Waals surface area contributed by atoms with Crippen LogP contribution in [-0.4, -0.2) is 21.7 Å². The third-order valence-corrected chi connectivity index (χ3v) is 5.65. The van der Waals surface area contributed by atoms with E-state index in [1.807, 2.05) is 41.0 Å². The Morgan fingerprint density at radius 1 is 1.21 bits per heavy atom. The fourth-order valence-electron chi connectivity index (χ4n) is 3.30. The Kier molecular flexibility index (Phi) is 7.03. The summed E-state index contributed by atoms with van der Waals surface area (Å²) in [6.07, 6.45) is 3.89. The quantitative estimate of drug-likeness (QED) is 0.122. The number of benzene rings is 2. The molecule has 0 aliphatic rings. The molecule has 0 unspecified atom stereocenters. The second kappa shape index (κ2) is 9.69. The molecule has 0 bridgehead atoms. The molecule has 150 valence electrons. The summed E-state index contributed by atoms with van der Waals surface area (Å²) in [6.45, 7) is 2.76. The lowest BCUT2D eigenvalue weighted by Gasteiger charge is -2.12. The number of rotatable bonds is 8. The molecule has 4 N–H and O–H groups in total. The van der Waals surface area contributed by atoms with Gasteiger partial charge < -0.3 is 16.1 Å². The van der Waals surface area contributed by atoms with Crippen LogP contribution in [0.25, 0.3) is 11.1 Å². The van der Waals surface area contributed by atoms with Crippen LogP contribution in [0, 0.1) is 3.70 Å². The SMILES string of the molecule is CCCCc1nc(I)c(C=O)n1Cc1ccc(-c2ccccc2/C(N)=N/N)cc1. The molecule has 0 radical (unpaired) electrons. The fraction of sp³-hybridized carbons (Fsp3) is 0.227. The first-order valence-corrected chi connectivity index (χ1v) is 10.6. The summed E-state index contributed by atoms with van der Waals surface area (Å²) in [4.78, 5) is 16.2. The van der Waals surface area contributed by atoms with Gasteiger partial charge in [0.05, 0.1) is 0 Å². The van der Waals surface area contributed by atoms with Gasteiger partial charge in [-0.05, 0) is 45.7 Å². The number of amidine groups is 1. The minimum Gasteiger partial charge on any atom is -0.382 e. The number of aromatic nitrogens is 2. The maximum absolute atomic E-state index is 11.6. The van der Waals surface area contributed by atoms with Crippen LogP contribution in [0.5, 0.6) is 0 Å². The van der Waals surface area contributed by atoms with E-state index in [-0.39, 0.29) is 0 Å². The van der Waals surface area contributed by atoms with E-state index in [1.165, 1.54) is 0 Å². The van der Waals surface area contributed by atoms with Gasteiger partial charge in [0, 0.05) is 18.5 Å². The highest BCUT2D eigenvalue weighted by Crippen LogP contribution is 2.25. The number of halogens is 1. The van der Waals surface area contributed by atoms with Gasteiger partial charge >= 0.3 is 0 Å². The summed E-state index contributed by atoms with van der Waals surface area (Å²) in [6, 6.07) is 16.0. The number of carbonyl (C=O) groups is 1. The second-order valence-corrected chi connectivity index (χ2v) is 7.79. The molecule has 1 heterocycles. The van der Waals surface area contributed by atoms with E-state index in [1.54, 1.807) is 0 Å². The molecule has 0 saturated carbocycles. The van der Waals surface area contributed by atoms with Gasteiger partial charge in [0.2, 0.25) is 0 Å². The van der Waals surface area contributed by atoms with Gasteiger partial charge in [-0.3, -0.25) is 4.79 Å². The summed E-state index contributed by atoms with van der Waals surface area (Å²) in [5.74, 6) is 6.62. The number of nitrogens with zero attached hydrogens (tertiary/aromatic N) is 3. The Bertz CT molecular complexity index is 1020. The number of imidazole rings is 1. The molecule has 7 heteroatoms. The molecule has 2 aromatic carbocycles. The van der Waals surface area contributed by atoms with E-state index < -0.39 is 0 Å². The van der Waals surface area contributed by atoms with Gasteiger partial charge in [0.1, 0.15) is 15.2 Å². The van der Waals surface area contributed by atoms with Crippen molar-refractivity contribution in [2.24, 2.45) is 16.7 Å². The molecular weight excluding hydrogens is 477 g/mol. The monoisotopic (exact) mass is 501 g/mol. The number of nitrogens with two attached hydrogens (primary N) is 2. The van der Waals surface area contributed by atoms with E-state index in [2.05, 4.69) is 51.7 Å². The number of hydrogen-bond donors (Lipinski definition) is 2. The Morgan fingerprint density at radius 2 is 1.93 bits per heavy atom. The molecular formula is C22H24IN5O. The van der Waals surface area contributed by atoms with Gasteiger partial charge in [-0.1, -0.05) is 61.9 Å². The lowest BCUT2D eigenvalue weighted by atomic mass is 9.98. The highest BCUT2D eigenvalue weighted by Gasteiger charge is 2.15. The van der Waals surface area contributed by atoms with Crippen LogP contribution in [0.1, 0.15) is 47.2 Å². The summed E-state index contributed by atoms with van der Waals surface area (Å²) < 4.78 is 2.78. The molecule has 0 saturated heterocycles. The lowest BCUT2D eigenvalue weighted by Crippen LogP contribution is -2.16. The number of unbranched alkanes of at least 4 members (excludes halogenated alkanes) is 1. The fourth-order valence-corrected chi connectivity index (χ4v) is 3.99. The van der Waals surface area contributed by atoms with E-state index >= 15 is 0 Å². The maximum Gasteiger partial charge on any atom is 0.169 e. The van der Waals surface area contributed by atoms with Crippen LogP contribution in [0.4, 0.5) is 0 Å². The van der Waals surface area contributed by atoms with Crippen molar-refractivity contribution in [3.63, 3.8) is 0 Å². The van der Waals surface area contributed by atoms with Crippen LogP contribution in [-0.2, 0) is 13.0 Å². The first-order chi connectivity index (χ1) is 14.1. The van der Waals surface area contributed by atoms with Gasteiger partial charge in [-0.25, -0.2) is 4.98 Å². The number of hydrogen-bond acceptors (Lipinski definition) is 4. The van der Waals surface area contributed by atoms with Crippen molar-refractivity contribution in [3.05, 3.63) is 74.9 Å². The van der Waals surface area contributed by atoms with Crippen molar-refractivity contribution in [2.75, 3.05) is 0 Å². The highest BCUT2D eigenvalue weighted by molar-refractivity contribution is 14.1. The van der Waals surface area contributed by atoms with Gasteiger partial charge in [-0.2, -0.15) is 5.10 Å². The molecule has 0 atom stereocenters. The molecule has 0 aliphatic carbocycles. The van der Waals surface area contributed by atoms with E-state index in [0.717, 1.165) is 57.3 Å². The maximum atomic E-state index is 11.6. The number of aldehydes is 1. The topological polar surface area (TPSA) is 99.3 Å². The second-order valence-electron chi connectivity index (χ2n) is 6.77. The summed E-state index contributed by atoms with van der Waals surface area (Å²) in [5, 5.41) is 3.62. The first kappa shape index (κ1) is 21.0. The summed E-state index contributed by atoms with van der Waals surface area (Å²) in [7, 11) is 0. The van der Waals surface area contributed by atoms with Crippen LogP contribution in [0.3, 0.4) is 0 Å². The number of aryl methyl sites for hydroxylation is 1. The molecule has 29 heavy (non-hydrogen) atoms. The lowest BCUT2D eigenvalue weighted by molar-refractivity contribution is 0.111. The van der Waals surface area contributed by atoms with Crippen molar-refractivity contribution < 1.29 is 4.79 Å². The van der Waals surface area contributed by atoms with E-state index in [0.29, 0.717) is 18.1 Å². The van der Waals surface area contributed by atoms with Crippen molar-refractivity contribution in [1.82, 2.24) is 9.55 Å². The zero-order valence-corrected chi connectivity index (χ0v) is 18.5. The Hall–Kier alpha value is -2.68. The van der Waals surface area contributed by atoms with Crippen LogP contribution >= 0.6 is 22.6 Å². The molecule has 3 rings (SSSR count). The van der Waals surface area contributed by atoms with Crippen LogP contribution in [0.2, 0.25) is 0 Å². The number of hydrazone groups is 1. The minimum atomic E-state index is 0.300. The van der Waals surface area contributed by atoms with Crippen LogP contribution in [0.15, 0.2) is 53.6 Å². The van der Waals surface area contributed by atoms with Crippen molar-refractivity contribution in [2.45, 2.75) is 32.7 Å². The van der Waals surface area contributed by atoms with Crippen molar-refractivity contribution >= 4 is 34.7 Å². The summed E-state index contributed by atoms with van der Waals surface area (Å²) in [5.41, 5.74) is 10.5. The Morgan fingerprint density at radius 3 is 2.59 bits per heavy atom. The van der Waals surface area contributed by atoms with Gasteiger partial charge in [0.25, 0.3) is 0 Å². The standard InChI is InChI=1S/C22H24IN5O/c1-2-3-8-20-26-21(23)19(14-29)28(20)13-15-9-11-16(12-10-15)17-6-4-5-7-18(17)22(24)27-25/h4-7,9-12,14H,2-3,8,13,25H2,1H3,(H2,24,27). The summed E-state index contributed by atoms with van der Waals surface area (Å²) >= 11 is 2.13. The molecule has 0 spiro atoms. The predicted octanol–water partition coefficient (Wildman–Crippen LogP) is 3.94.